The van der Waals surface area contributed by atoms with Crippen LogP contribution in [-0.2, 0) is 0 Å². The lowest BCUT2D eigenvalue weighted by Crippen LogP contribution is -2.29. The summed E-state index contributed by atoms with van der Waals surface area (Å²) in [7, 11) is 3.01. The van der Waals surface area contributed by atoms with Gasteiger partial charge in [-0.15, -0.1) is 9.24 Å². The van der Waals surface area contributed by atoms with E-state index in [4.69, 9.17) is 0 Å². The minimum Gasteiger partial charge on any atom is -0.151 e. The van der Waals surface area contributed by atoms with Crippen LogP contribution in [0.5, 0.6) is 0 Å². The van der Waals surface area contributed by atoms with E-state index in [0.29, 0.717) is 4.75 Å². The zero-order valence-corrected chi connectivity index (χ0v) is 12.6. The summed E-state index contributed by atoms with van der Waals surface area (Å²) >= 11 is 2.17. The molecule has 86 valence electrons. The highest BCUT2D eigenvalue weighted by Crippen LogP contribution is 2.39. The van der Waals surface area contributed by atoms with Gasteiger partial charge in [0, 0.05) is 10.00 Å². The second kappa shape index (κ2) is 6.38. The highest BCUT2D eigenvalue weighted by molar-refractivity contribution is 8.01. The van der Waals surface area contributed by atoms with Crippen LogP contribution >= 0.6 is 21.0 Å². The number of thioether (sulfide) groups is 1. The van der Waals surface area contributed by atoms with Crippen LogP contribution in [0.4, 0.5) is 0 Å². The summed E-state index contributed by atoms with van der Waals surface area (Å²) in [6, 6.07) is 0. The van der Waals surface area contributed by atoms with Crippen molar-refractivity contribution in [1.82, 2.24) is 0 Å². The summed E-state index contributed by atoms with van der Waals surface area (Å²) in [5.74, 6) is 0.746. The Kier molecular flexibility index (Phi) is 6.74. The molecule has 0 bridgehead atoms. The first-order valence-corrected chi connectivity index (χ1v) is 7.33. The summed E-state index contributed by atoms with van der Waals surface area (Å²) in [6.45, 7) is 14.0. The van der Waals surface area contributed by atoms with Crippen molar-refractivity contribution in [3.63, 3.8) is 0 Å². The van der Waals surface area contributed by atoms with Crippen LogP contribution in [0, 0.1) is 5.92 Å². The van der Waals surface area contributed by atoms with Gasteiger partial charge in [0.25, 0.3) is 0 Å². The summed E-state index contributed by atoms with van der Waals surface area (Å²) in [5, 5.41) is 0.794. The summed E-state index contributed by atoms with van der Waals surface area (Å²) < 4.78 is 0.407. The molecule has 0 aromatic carbocycles. The first-order valence-electron chi connectivity index (χ1n) is 5.78. The predicted octanol–water partition coefficient (Wildman–Crippen LogP) is 4.59. The molecule has 0 rings (SSSR count). The third-order valence-corrected chi connectivity index (χ3v) is 6.48. The van der Waals surface area contributed by atoms with Crippen LogP contribution in [0.25, 0.3) is 0 Å². The molecule has 0 spiro atoms. The van der Waals surface area contributed by atoms with E-state index in [9.17, 15) is 0 Å². The Morgan fingerprint density at radius 3 is 1.93 bits per heavy atom. The van der Waals surface area contributed by atoms with Gasteiger partial charge in [-0.05, 0) is 24.4 Å². The van der Waals surface area contributed by atoms with Gasteiger partial charge >= 0.3 is 0 Å². The van der Waals surface area contributed by atoms with Crippen LogP contribution in [0.1, 0.15) is 54.4 Å². The lowest BCUT2D eigenvalue weighted by molar-refractivity contribution is 0.499. The van der Waals surface area contributed by atoms with Gasteiger partial charge in [0.15, 0.2) is 0 Å². The monoisotopic (exact) mass is 234 g/mol. The van der Waals surface area contributed by atoms with Crippen LogP contribution in [0.2, 0.25) is 0 Å². The van der Waals surface area contributed by atoms with Crippen molar-refractivity contribution >= 4 is 21.0 Å². The molecule has 2 heteroatoms. The normalized spacial score (nSPS) is 17.1. The van der Waals surface area contributed by atoms with E-state index in [1.165, 1.54) is 12.8 Å². The molecule has 0 N–H and O–H groups in total. The van der Waals surface area contributed by atoms with Crippen molar-refractivity contribution in [2.24, 2.45) is 5.92 Å². The molecule has 0 aromatic heterocycles. The van der Waals surface area contributed by atoms with Gasteiger partial charge in [-0.3, -0.25) is 0 Å². The quantitative estimate of drug-likeness (QED) is 0.606. The zero-order chi connectivity index (χ0) is 11.4. The van der Waals surface area contributed by atoms with Crippen LogP contribution in [-0.4, -0.2) is 15.7 Å². The molecule has 0 saturated carbocycles. The summed E-state index contributed by atoms with van der Waals surface area (Å²) in [6.07, 6.45) is 2.55. The maximum atomic E-state index is 3.01. The van der Waals surface area contributed by atoms with Gasteiger partial charge in [-0.1, -0.05) is 41.5 Å². The molecule has 0 aliphatic rings. The Labute approximate surface area is 97.2 Å². The van der Waals surface area contributed by atoms with Crippen molar-refractivity contribution < 1.29 is 0 Å². The lowest BCUT2D eigenvalue weighted by atomic mass is 10.00. The van der Waals surface area contributed by atoms with Crippen molar-refractivity contribution in [2.75, 3.05) is 0 Å². The Morgan fingerprint density at radius 1 is 1.14 bits per heavy atom. The van der Waals surface area contributed by atoms with E-state index in [1.807, 2.05) is 0 Å². The van der Waals surface area contributed by atoms with Crippen molar-refractivity contribution in [1.29, 1.82) is 0 Å². The first-order chi connectivity index (χ1) is 6.35. The van der Waals surface area contributed by atoms with E-state index >= 15 is 0 Å². The van der Waals surface area contributed by atoms with Gasteiger partial charge in [0.1, 0.15) is 0 Å². The van der Waals surface area contributed by atoms with Gasteiger partial charge in [0.05, 0.1) is 0 Å². The first kappa shape index (κ1) is 14.8. The number of rotatable bonds is 6. The molecule has 0 aromatic rings. The highest BCUT2D eigenvalue weighted by Gasteiger charge is 2.28. The molecule has 3 unspecified atom stereocenters. The maximum absolute atomic E-state index is 3.01. The standard InChI is InChI=1S/C12H27PS/c1-7-10(13)11(8-2)14-12(5,6)9(3)4/h9-11H,7-8,13H2,1-6H3. The van der Waals surface area contributed by atoms with Crippen molar-refractivity contribution in [3.05, 3.63) is 0 Å². The molecule has 0 aliphatic heterocycles. The van der Waals surface area contributed by atoms with Crippen LogP contribution in [0.15, 0.2) is 0 Å². The SMILES string of the molecule is CCC(P)C(CC)SC(C)(C)C(C)C. The fourth-order valence-corrected chi connectivity index (χ4v) is 3.36. The van der Waals surface area contributed by atoms with Gasteiger partial charge in [0.2, 0.25) is 0 Å². The van der Waals surface area contributed by atoms with Crippen LogP contribution < -0.4 is 0 Å². The third-order valence-electron chi connectivity index (χ3n) is 3.20. The maximum Gasteiger partial charge on any atom is 0.0129 e. The fourth-order valence-electron chi connectivity index (χ4n) is 1.26. The van der Waals surface area contributed by atoms with Crippen LogP contribution in [0.3, 0.4) is 0 Å². The molecule has 0 radical (unpaired) electrons. The molecule has 14 heavy (non-hydrogen) atoms. The van der Waals surface area contributed by atoms with Crippen molar-refractivity contribution in [2.45, 2.75) is 70.0 Å². The summed E-state index contributed by atoms with van der Waals surface area (Å²) in [4.78, 5) is 0. The fraction of sp³-hybridized carbons (Fsp3) is 1.00. The van der Waals surface area contributed by atoms with E-state index in [1.54, 1.807) is 0 Å². The minimum absolute atomic E-state index is 0.407. The molecular formula is C12H27PS. The molecule has 0 heterocycles. The Balaban J connectivity index is 4.30. The Hall–Kier alpha value is 0.780. The highest BCUT2D eigenvalue weighted by atomic mass is 32.2. The molecule has 0 saturated heterocycles. The minimum atomic E-state index is 0.407. The zero-order valence-electron chi connectivity index (χ0n) is 10.6. The molecule has 0 fully saturated rings. The van der Waals surface area contributed by atoms with E-state index in [2.05, 4.69) is 62.5 Å². The van der Waals surface area contributed by atoms with E-state index < -0.39 is 0 Å². The smallest absolute Gasteiger partial charge is 0.0129 e. The number of hydrogen-bond donors (Lipinski definition) is 0. The van der Waals surface area contributed by atoms with E-state index in [-0.39, 0.29) is 0 Å². The van der Waals surface area contributed by atoms with Gasteiger partial charge < -0.3 is 0 Å². The topological polar surface area (TPSA) is 0 Å². The predicted molar refractivity (Wildman–Crippen MR) is 74.4 cm³/mol. The Bertz CT molecular complexity index is 154. The summed E-state index contributed by atoms with van der Waals surface area (Å²) in [5.41, 5.74) is 0.767. The lowest BCUT2D eigenvalue weighted by Gasteiger charge is -2.34. The molecule has 0 amide bonds. The Morgan fingerprint density at radius 2 is 1.64 bits per heavy atom. The van der Waals surface area contributed by atoms with E-state index in [0.717, 1.165) is 16.8 Å². The molecule has 3 atom stereocenters. The van der Waals surface area contributed by atoms with Crippen molar-refractivity contribution in [3.8, 4) is 0 Å². The third kappa shape index (κ3) is 4.53. The number of hydrogen-bond acceptors (Lipinski definition) is 1. The molecular weight excluding hydrogens is 207 g/mol. The average Bonchev–Trinajstić information content (AvgIpc) is 2.12. The van der Waals surface area contributed by atoms with Gasteiger partial charge in [-0.25, -0.2) is 0 Å². The molecule has 0 aliphatic carbocycles. The van der Waals surface area contributed by atoms with Gasteiger partial charge in [-0.2, -0.15) is 11.8 Å². The largest absolute Gasteiger partial charge is 0.151 e. The average molecular weight is 234 g/mol. The second-order valence-electron chi connectivity index (χ2n) is 4.89. The molecule has 0 nitrogen and oxygen atoms in total. The second-order valence-corrected chi connectivity index (χ2v) is 7.64.